The minimum atomic E-state index is -4.31. The molecule has 1 aromatic heterocycles. The van der Waals surface area contributed by atoms with Crippen LogP contribution in [0.15, 0.2) is 18.2 Å². The Balaban J connectivity index is 2.83. The molecular formula is C10H7F3IN. The smallest absolute Gasteiger partial charge is 0.357 e. The summed E-state index contributed by atoms with van der Waals surface area (Å²) >= 11 is 2.04. The maximum Gasteiger partial charge on any atom is 0.418 e. The molecule has 1 nitrogen and oxygen atoms in total. The molecule has 0 spiro atoms. The third-order valence-corrected chi connectivity index (χ3v) is 3.64. The van der Waals surface area contributed by atoms with E-state index < -0.39 is 11.7 Å². The summed E-state index contributed by atoms with van der Waals surface area (Å²) in [5, 5.41) is 0.628. The second-order valence-electron chi connectivity index (χ2n) is 3.29. The van der Waals surface area contributed by atoms with Crippen LogP contribution in [0, 0.1) is 10.5 Å². The van der Waals surface area contributed by atoms with Crippen molar-refractivity contribution in [3.05, 3.63) is 33.0 Å². The molecule has 15 heavy (non-hydrogen) atoms. The third-order valence-electron chi connectivity index (χ3n) is 2.25. The molecule has 1 N–H and O–H groups in total. The van der Waals surface area contributed by atoms with Crippen molar-refractivity contribution in [3.63, 3.8) is 0 Å². The lowest BCUT2D eigenvalue weighted by Gasteiger charge is -2.07. The molecule has 0 bridgehead atoms. The third kappa shape index (κ3) is 1.73. The van der Waals surface area contributed by atoms with Crippen molar-refractivity contribution in [2.75, 3.05) is 0 Å². The van der Waals surface area contributed by atoms with E-state index >= 15 is 0 Å². The molecule has 1 heterocycles. The number of benzene rings is 1. The molecule has 1 aromatic carbocycles. The molecular weight excluding hydrogens is 318 g/mol. The fourth-order valence-corrected chi connectivity index (χ4v) is 2.13. The number of H-pyrrole nitrogens is 1. The van der Waals surface area contributed by atoms with E-state index in [1.807, 2.05) is 22.6 Å². The summed E-state index contributed by atoms with van der Waals surface area (Å²) in [5.74, 6) is 0. The number of hydrogen-bond donors (Lipinski definition) is 1. The van der Waals surface area contributed by atoms with Gasteiger partial charge in [0.25, 0.3) is 0 Å². The topological polar surface area (TPSA) is 15.8 Å². The van der Waals surface area contributed by atoms with Crippen molar-refractivity contribution >= 4 is 33.5 Å². The number of alkyl halides is 3. The molecule has 0 saturated carbocycles. The molecule has 2 aromatic rings. The quantitative estimate of drug-likeness (QED) is 0.702. The normalized spacial score (nSPS) is 12.3. The Morgan fingerprint density at radius 3 is 2.53 bits per heavy atom. The minimum absolute atomic E-state index is 0.173. The molecule has 0 fully saturated rings. The largest absolute Gasteiger partial charge is 0.418 e. The average molecular weight is 325 g/mol. The number of para-hydroxylation sites is 1. The number of aromatic amines is 1. The second kappa shape index (κ2) is 3.40. The van der Waals surface area contributed by atoms with Gasteiger partial charge >= 0.3 is 6.18 Å². The first-order chi connectivity index (χ1) is 6.91. The van der Waals surface area contributed by atoms with Gasteiger partial charge in [0, 0.05) is 14.7 Å². The van der Waals surface area contributed by atoms with Crippen LogP contribution in [-0.2, 0) is 6.18 Å². The first-order valence-electron chi connectivity index (χ1n) is 4.25. The van der Waals surface area contributed by atoms with E-state index in [0.717, 1.165) is 15.3 Å². The highest BCUT2D eigenvalue weighted by molar-refractivity contribution is 14.1. The molecule has 0 saturated heterocycles. The predicted octanol–water partition coefficient (Wildman–Crippen LogP) is 4.10. The average Bonchev–Trinajstić information content (AvgIpc) is 2.41. The molecule has 0 unspecified atom stereocenters. The Morgan fingerprint density at radius 1 is 1.27 bits per heavy atom. The van der Waals surface area contributed by atoms with Crippen LogP contribution >= 0.6 is 22.6 Å². The van der Waals surface area contributed by atoms with Crippen molar-refractivity contribution in [1.82, 2.24) is 4.98 Å². The maximum absolute atomic E-state index is 12.6. The monoisotopic (exact) mass is 325 g/mol. The van der Waals surface area contributed by atoms with Crippen molar-refractivity contribution in [2.45, 2.75) is 13.1 Å². The SMILES string of the molecule is Cc1[nH]c2c(C(F)(F)F)cccc2c1I. The summed E-state index contributed by atoms with van der Waals surface area (Å²) in [7, 11) is 0. The minimum Gasteiger partial charge on any atom is -0.357 e. The van der Waals surface area contributed by atoms with E-state index in [9.17, 15) is 13.2 Å². The number of hydrogen-bond acceptors (Lipinski definition) is 0. The van der Waals surface area contributed by atoms with Crippen LogP contribution in [0.1, 0.15) is 11.3 Å². The molecule has 0 radical (unpaired) electrons. The lowest BCUT2D eigenvalue weighted by molar-refractivity contribution is -0.136. The summed E-state index contributed by atoms with van der Waals surface area (Å²) in [6, 6.07) is 4.21. The first-order valence-corrected chi connectivity index (χ1v) is 5.33. The van der Waals surface area contributed by atoms with E-state index in [-0.39, 0.29) is 5.52 Å². The number of rotatable bonds is 0. The predicted molar refractivity (Wildman–Crippen MR) is 60.8 cm³/mol. The highest BCUT2D eigenvalue weighted by Crippen LogP contribution is 2.36. The summed E-state index contributed by atoms with van der Waals surface area (Å²) in [6.45, 7) is 1.77. The number of aromatic nitrogens is 1. The van der Waals surface area contributed by atoms with Crippen LogP contribution in [0.2, 0.25) is 0 Å². The van der Waals surface area contributed by atoms with Gasteiger partial charge in [-0.2, -0.15) is 13.2 Å². The summed E-state index contributed by atoms with van der Waals surface area (Å²) < 4.78 is 38.8. The van der Waals surface area contributed by atoms with E-state index in [0.29, 0.717) is 5.39 Å². The molecule has 0 atom stereocenters. The van der Waals surface area contributed by atoms with Gasteiger partial charge in [0.05, 0.1) is 11.1 Å². The van der Waals surface area contributed by atoms with Crippen molar-refractivity contribution in [2.24, 2.45) is 0 Å². The number of nitrogens with one attached hydrogen (secondary N) is 1. The van der Waals surface area contributed by atoms with Gasteiger partial charge in [-0.25, -0.2) is 0 Å². The van der Waals surface area contributed by atoms with E-state index in [2.05, 4.69) is 4.98 Å². The molecule has 0 amide bonds. The zero-order chi connectivity index (χ0) is 11.2. The Hall–Kier alpha value is -0.720. The van der Waals surface area contributed by atoms with Crippen molar-refractivity contribution in [3.8, 4) is 0 Å². The Kier molecular flexibility index (Phi) is 2.44. The van der Waals surface area contributed by atoms with Crippen LogP contribution < -0.4 is 0 Å². The van der Waals surface area contributed by atoms with Crippen LogP contribution in [0.25, 0.3) is 10.9 Å². The zero-order valence-corrected chi connectivity index (χ0v) is 9.90. The standard InChI is InChI=1S/C10H7F3IN/c1-5-8(14)6-3-2-4-7(9(6)15-5)10(11,12)13/h2-4,15H,1H3. The van der Waals surface area contributed by atoms with Gasteiger partial charge in [0.2, 0.25) is 0 Å². The highest BCUT2D eigenvalue weighted by atomic mass is 127. The van der Waals surface area contributed by atoms with Gasteiger partial charge in [-0.05, 0) is 35.6 Å². The molecule has 0 aliphatic heterocycles. The summed E-state index contributed by atoms with van der Waals surface area (Å²) in [4.78, 5) is 2.77. The molecule has 0 aliphatic carbocycles. The maximum atomic E-state index is 12.6. The van der Waals surface area contributed by atoms with Gasteiger partial charge in [-0.3, -0.25) is 0 Å². The van der Waals surface area contributed by atoms with Crippen molar-refractivity contribution in [1.29, 1.82) is 0 Å². The van der Waals surface area contributed by atoms with E-state index in [4.69, 9.17) is 0 Å². The fourth-order valence-electron chi connectivity index (χ4n) is 1.55. The van der Waals surface area contributed by atoms with Crippen LogP contribution in [0.4, 0.5) is 13.2 Å². The second-order valence-corrected chi connectivity index (χ2v) is 4.37. The van der Waals surface area contributed by atoms with Crippen LogP contribution in [-0.4, -0.2) is 4.98 Å². The molecule has 0 aliphatic rings. The van der Waals surface area contributed by atoms with Gasteiger partial charge in [0.15, 0.2) is 0 Å². The molecule has 80 valence electrons. The molecule has 2 rings (SSSR count). The van der Waals surface area contributed by atoms with Gasteiger partial charge in [0.1, 0.15) is 0 Å². The number of fused-ring (bicyclic) bond motifs is 1. The Labute approximate surface area is 97.8 Å². The number of aryl methyl sites for hydroxylation is 1. The Morgan fingerprint density at radius 2 is 1.93 bits per heavy atom. The van der Waals surface area contributed by atoms with Crippen LogP contribution in [0.5, 0.6) is 0 Å². The van der Waals surface area contributed by atoms with Crippen LogP contribution in [0.3, 0.4) is 0 Å². The summed E-state index contributed by atoms with van der Waals surface area (Å²) in [5.41, 5.74) is 0.334. The lowest BCUT2D eigenvalue weighted by Crippen LogP contribution is -2.05. The zero-order valence-electron chi connectivity index (χ0n) is 7.74. The van der Waals surface area contributed by atoms with Crippen molar-refractivity contribution < 1.29 is 13.2 Å². The van der Waals surface area contributed by atoms with Gasteiger partial charge < -0.3 is 4.98 Å². The van der Waals surface area contributed by atoms with E-state index in [1.54, 1.807) is 13.0 Å². The van der Waals surface area contributed by atoms with Gasteiger partial charge in [-0.15, -0.1) is 0 Å². The lowest BCUT2D eigenvalue weighted by atomic mass is 10.1. The van der Waals surface area contributed by atoms with Gasteiger partial charge in [-0.1, -0.05) is 12.1 Å². The fraction of sp³-hybridized carbons (Fsp3) is 0.200. The van der Waals surface area contributed by atoms with E-state index in [1.165, 1.54) is 6.07 Å². The Bertz CT molecular complexity index is 513. The highest BCUT2D eigenvalue weighted by Gasteiger charge is 2.33. The number of halogens is 4. The molecule has 5 heteroatoms. The first kappa shape index (κ1) is 10.8. The summed E-state index contributed by atoms with van der Waals surface area (Å²) in [6.07, 6.45) is -4.31.